The van der Waals surface area contributed by atoms with Gasteiger partial charge in [-0.05, 0) is 37.0 Å². The monoisotopic (exact) mass is 545 g/mol. The van der Waals surface area contributed by atoms with Crippen molar-refractivity contribution in [3.05, 3.63) is 58.1 Å². The van der Waals surface area contributed by atoms with E-state index in [4.69, 9.17) is 4.74 Å². The van der Waals surface area contributed by atoms with E-state index in [0.29, 0.717) is 64.5 Å². The maximum atomic E-state index is 14.1. The molecule has 0 unspecified atom stereocenters. The molecule has 2 aliphatic rings. The number of halogens is 2. The van der Waals surface area contributed by atoms with Crippen LogP contribution in [0, 0.1) is 27.7 Å². The molecule has 0 radical (unpaired) electrons. The Balaban J connectivity index is 1.19. The van der Waals surface area contributed by atoms with Crippen LogP contribution in [0.5, 0.6) is 5.75 Å². The third kappa shape index (κ3) is 7.78. The topological polar surface area (TPSA) is 91.2 Å². The SMILES string of the molecule is CC(C)COc1cc(NC2CCN(C(=O)CCN3CCN(c4ccc(F)cc4F)CC3)CC2)ccc1[N+](=O)[O-]. The Morgan fingerprint density at radius 1 is 1.08 bits per heavy atom. The first-order chi connectivity index (χ1) is 18.7. The Morgan fingerprint density at radius 3 is 2.44 bits per heavy atom. The number of benzene rings is 2. The van der Waals surface area contributed by atoms with Crippen molar-refractivity contribution in [2.24, 2.45) is 5.92 Å². The molecule has 0 saturated carbocycles. The number of amides is 1. The molecule has 1 N–H and O–H groups in total. The summed E-state index contributed by atoms with van der Waals surface area (Å²) in [6.45, 7) is 9.01. The van der Waals surface area contributed by atoms with Gasteiger partial charge in [-0.3, -0.25) is 19.8 Å². The lowest BCUT2D eigenvalue weighted by Crippen LogP contribution is -2.48. The molecule has 9 nitrogen and oxygen atoms in total. The van der Waals surface area contributed by atoms with Gasteiger partial charge in [-0.25, -0.2) is 8.78 Å². The van der Waals surface area contributed by atoms with Gasteiger partial charge in [-0.15, -0.1) is 0 Å². The number of piperidine rings is 1. The summed E-state index contributed by atoms with van der Waals surface area (Å²) in [5, 5.41) is 14.8. The van der Waals surface area contributed by atoms with E-state index in [9.17, 15) is 23.7 Å². The number of anilines is 2. The minimum Gasteiger partial charge on any atom is -0.486 e. The summed E-state index contributed by atoms with van der Waals surface area (Å²) in [6.07, 6.45) is 2.00. The van der Waals surface area contributed by atoms with Crippen LogP contribution in [-0.4, -0.2) is 79.1 Å². The number of carbonyl (C=O) groups is 1. The van der Waals surface area contributed by atoms with Crippen molar-refractivity contribution >= 4 is 23.0 Å². The van der Waals surface area contributed by atoms with E-state index in [1.807, 2.05) is 23.6 Å². The van der Waals surface area contributed by atoms with Crippen molar-refractivity contribution < 1.29 is 23.2 Å². The summed E-state index contributed by atoms with van der Waals surface area (Å²) < 4.78 is 33.0. The molecular formula is C28H37F2N5O4. The number of likely N-dealkylation sites (tertiary alicyclic amines) is 1. The summed E-state index contributed by atoms with van der Waals surface area (Å²) in [5.41, 5.74) is 1.13. The first-order valence-electron chi connectivity index (χ1n) is 13.6. The number of ether oxygens (including phenoxy) is 1. The lowest BCUT2D eigenvalue weighted by Gasteiger charge is -2.37. The molecule has 4 rings (SSSR count). The molecule has 2 heterocycles. The van der Waals surface area contributed by atoms with E-state index >= 15 is 0 Å². The number of hydrogen-bond acceptors (Lipinski definition) is 7. The van der Waals surface area contributed by atoms with Gasteiger partial charge in [0, 0.05) is 82.2 Å². The molecule has 0 bridgehead atoms. The molecule has 2 aromatic carbocycles. The van der Waals surface area contributed by atoms with Crippen molar-refractivity contribution in [2.75, 3.05) is 62.6 Å². The highest BCUT2D eigenvalue weighted by atomic mass is 19.1. The number of nitrogens with zero attached hydrogens (tertiary/aromatic N) is 4. The molecule has 2 saturated heterocycles. The smallest absolute Gasteiger partial charge is 0.311 e. The average molecular weight is 546 g/mol. The van der Waals surface area contributed by atoms with Gasteiger partial charge in [0.2, 0.25) is 5.91 Å². The van der Waals surface area contributed by atoms with E-state index in [1.165, 1.54) is 18.2 Å². The number of rotatable bonds is 10. The zero-order chi connectivity index (χ0) is 27.9. The molecule has 212 valence electrons. The molecule has 0 atom stereocenters. The number of piperazine rings is 1. The lowest BCUT2D eigenvalue weighted by molar-refractivity contribution is -0.385. The predicted octanol–water partition coefficient (Wildman–Crippen LogP) is 4.52. The molecule has 0 aliphatic carbocycles. The number of nitrogens with one attached hydrogen (secondary N) is 1. The molecule has 2 aliphatic heterocycles. The predicted molar refractivity (Wildman–Crippen MR) is 146 cm³/mol. The van der Waals surface area contributed by atoms with E-state index in [2.05, 4.69) is 10.2 Å². The van der Waals surface area contributed by atoms with Crippen LogP contribution in [0.3, 0.4) is 0 Å². The van der Waals surface area contributed by atoms with Gasteiger partial charge in [-0.2, -0.15) is 0 Å². The van der Waals surface area contributed by atoms with Crippen molar-refractivity contribution in [3.63, 3.8) is 0 Å². The second-order valence-corrected chi connectivity index (χ2v) is 10.6. The Bertz CT molecular complexity index is 1150. The Hall–Kier alpha value is -3.47. The fourth-order valence-electron chi connectivity index (χ4n) is 5.00. The molecule has 1 amide bonds. The van der Waals surface area contributed by atoms with Crippen LogP contribution in [-0.2, 0) is 4.79 Å². The van der Waals surface area contributed by atoms with E-state index in [-0.39, 0.29) is 29.3 Å². The largest absolute Gasteiger partial charge is 0.486 e. The molecular weight excluding hydrogens is 508 g/mol. The fourth-order valence-corrected chi connectivity index (χ4v) is 5.00. The summed E-state index contributed by atoms with van der Waals surface area (Å²) in [5.74, 6) is -0.501. The zero-order valence-corrected chi connectivity index (χ0v) is 22.6. The first-order valence-corrected chi connectivity index (χ1v) is 13.6. The molecule has 11 heteroatoms. The second-order valence-electron chi connectivity index (χ2n) is 10.6. The molecule has 39 heavy (non-hydrogen) atoms. The maximum Gasteiger partial charge on any atom is 0.311 e. The van der Waals surface area contributed by atoms with Gasteiger partial charge in [0.15, 0.2) is 5.75 Å². The van der Waals surface area contributed by atoms with Crippen molar-refractivity contribution in [1.82, 2.24) is 9.80 Å². The normalized spacial score (nSPS) is 16.9. The third-order valence-corrected chi connectivity index (χ3v) is 7.21. The Labute approximate surface area is 227 Å². The molecule has 0 spiro atoms. The van der Waals surface area contributed by atoms with E-state index in [0.717, 1.165) is 24.6 Å². The van der Waals surface area contributed by atoms with Crippen molar-refractivity contribution in [1.29, 1.82) is 0 Å². The highest BCUT2D eigenvalue weighted by Crippen LogP contribution is 2.31. The zero-order valence-electron chi connectivity index (χ0n) is 22.6. The van der Waals surface area contributed by atoms with Crippen LogP contribution in [0.2, 0.25) is 0 Å². The Morgan fingerprint density at radius 2 is 1.79 bits per heavy atom. The maximum absolute atomic E-state index is 14.1. The van der Waals surface area contributed by atoms with E-state index in [1.54, 1.807) is 12.1 Å². The van der Waals surface area contributed by atoms with Crippen LogP contribution in [0.1, 0.15) is 33.1 Å². The van der Waals surface area contributed by atoms with Crippen molar-refractivity contribution in [2.45, 2.75) is 39.2 Å². The number of carbonyl (C=O) groups excluding carboxylic acids is 1. The van der Waals surface area contributed by atoms with Gasteiger partial charge in [-0.1, -0.05) is 13.8 Å². The summed E-state index contributed by atoms with van der Waals surface area (Å²) in [6, 6.07) is 8.66. The number of hydrogen-bond donors (Lipinski definition) is 1. The van der Waals surface area contributed by atoms with Crippen molar-refractivity contribution in [3.8, 4) is 5.75 Å². The summed E-state index contributed by atoms with van der Waals surface area (Å²) in [4.78, 5) is 29.8. The highest BCUT2D eigenvalue weighted by Gasteiger charge is 2.25. The van der Waals surface area contributed by atoms with Gasteiger partial charge in [0.25, 0.3) is 0 Å². The van der Waals surface area contributed by atoms with Crippen LogP contribution in [0.4, 0.5) is 25.8 Å². The Kier molecular flexibility index (Phi) is 9.55. The second kappa shape index (κ2) is 13.1. The van der Waals surface area contributed by atoms with Gasteiger partial charge in [0.05, 0.1) is 17.2 Å². The summed E-state index contributed by atoms with van der Waals surface area (Å²) >= 11 is 0. The number of nitro groups is 1. The van der Waals surface area contributed by atoms with Crippen LogP contribution in [0.25, 0.3) is 0 Å². The standard InChI is InChI=1S/C28H37F2N5O4/c1-20(2)19-39-27-18-23(4-6-26(27)35(37)38)31-22-7-11-34(12-8-22)28(36)9-10-32-13-15-33(16-14-32)25-5-3-21(29)17-24(25)30/h3-6,17-18,20,22,31H,7-16,19H2,1-2H3. The number of nitro benzene ring substituents is 1. The highest BCUT2D eigenvalue weighted by molar-refractivity contribution is 5.76. The average Bonchev–Trinajstić information content (AvgIpc) is 2.91. The summed E-state index contributed by atoms with van der Waals surface area (Å²) in [7, 11) is 0. The minimum absolute atomic E-state index is 0.0503. The lowest BCUT2D eigenvalue weighted by atomic mass is 10.0. The van der Waals surface area contributed by atoms with Crippen LogP contribution < -0.4 is 15.0 Å². The first kappa shape index (κ1) is 28.5. The van der Waals surface area contributed by atoms with Gasteiger partial charge in [0.1, 0.15) is 11.6 Å². The minimum atomic E-state index is -0.583. The van der Waals surface area contributed by atoms with E-state index < -0.39 is 16.6 Å². The van der Waals surface area contributed by atoms with Crippen LogP contribution >= 0.6 is 0 Å². The molecule has 0 aromatic heterocycles. The van der Waals surface area contributed by atoms with Gasteiger partial charge >= 0.3 is 5.69 Å². The third-order valence-electron chi connectivity index (χ3n) is 7.21. The molecule has 2 fully saturated rings. The quantitative estimate of drug-likeness (QED) is 0.347. The molecule has 2 aromatic rings. The van der Waals surface area contributed by atoms with Gasteiger partial charge < -0.3 is 19.9 Å². The fraction of sp³-hybridized carbons (Fsp3) is 0.536. The van der Waals surface area contributed by atoms with Crippen LogP contribution in [0.15, 0.2) is 36.4 Å².